The van der Waals surface area contributed by atoms with E-state index in [2.05, 4.69) is 15.9 Å². The van der Waals surface area contributed by atoms with Crippen molar-refractivity contribution in [1.82, 2.24) is 0 Å². The minimum Gasteiger partial charge on any atom is -0.387 e. The Bertz CT molecular complexity index is 745. The summed E-state index contributed by atoms with van der Waals surface area (Å²) in [5.74, 6) is -0.424. The molecule has 2 aromatic rings. The summed E-state index contributed by atoms with van der Waals surface area (Å²) in [5.41, 5.74) is 0.407. The fourth-order valence-corrected chi connectivity index (χ4v) is 3.68. The molecule has 0 aliphatic carbocycles. The maximum atomic E-state index is 12.2. The van der Waals surface area contributed by atoms with Gasteiger partial charge in [0.05, 0.1) is 26.8 Å². The molecule has 0 amide bonds. The average molecular weight is 410 g/mol. The van der Waals surface area contributed by atoms with Gasteiger partial charge in [-0.1, -0.05) is 45.2 Å². The fourth-order valence-electron chi connectivity index (χ4n) is 1.76. The van der Waals surface area contributed by atoms with Crippen molar-refractivity contribution >= 4 is 49.0 Å². The van der Waals surface area contributed by atoms with Gasteiger partial charge in [-0.2, -0.15) is 0 Å². The smallest absolute Gasteiger partial charge is 0.181 e. The van der Waals surface area contributed by atoms with Gasteiger partial charge in [-0.25, -0.2) is 8.42 Å². The number of aliphatic hydroxyl groups excluding tert-OH is 1. The molecule has 0 fully saturated rings. The summed E-state index contributed by atoms with van der Waals surface area (Å²) in [5, 5.41) is 10.7. The molecule has 1 N–H and O–H groups in total. The van der Waals surface area contributed by atoms with Crippen LogP contribution in [-0.4, -0.2) is 19.3 Å². The van der Waals surface area contributed by atoms with E-state index in [1.807, 2.05) is 0 Å². The van der Waals surface area contributed by atoms with E-state index >= 15 is 0 Å². The van der Waals surface area contributed by atoms with Gasteiger partial charge in [-0.3, -0.25) is 0 Å². The number of sulfone groups is 1. The second kappa shape index (κ2) is 6.67. The molecular formula is C14H11BrCl2O3S. The zero-order valence-corrected chi connectivity index (χ0v) is 14.5. The molecule has 0 saturated carbocycles. The van der Waals surface area contributed by atoms with Crippen molar-refractivity contribution in [2.75, 3.05) is 5.75 Å². The third-order valence-electron chi connectivity index (χ3n) is 2.88. The van der Waals surface area contributed by atoms with Crippen LogP contribution in [0.5, 0.6) is 0 Å². The third-order valence-corrected chi connectivity index (χ3v) is 5.89. The molecule has 0 saturated heterocycles. The first-order valence-corrected chi connectivity index (χ1v) is 9.11. The van der Waals surface area contributed by atoms with Gasteiger partial charge in [-0.15, -0.1) is 0 Å². The van der Waals surface area contributed by atoms with Crippen LogP contribution in [0.1, 0.15) is 11.7 Å². The molecule has 0 heterocycles. The molecule has 7 heteroatoms. The molecule has 3 nitrogen and oxygen atoms in total. The average Bonchev–Trinajstić information content (AvgIpc) is 2.41. The zero-order chi connectivity index (χ0) is 15.6. The number of rotatable bonds is 4. The van der Waals surface area contributed by atoms with Gasteiger partial charge in [-0.05, 0) is 42.0 Å². The number of aliphatic hydroxyl groups is 1. The summed E-state index contributed by atoms with van der Waals surface area (Å²) in [4.78, 5) is 0.157. The van der Waals surface area contributed by atoms with Gasteiger partial charge in [0.2, 0.25) is 0 Å². The molecule has 2 rings (SSSR count). The summed E-state index contributed by atoms with van der Waals surface area (Å²) in [6.45, 7) is 0. The van der Waals surface area contributed by atoms with Crippen molar-refractivity contribution in [3.05, 3.63) is 62.5 Å². The van der Waals surface area contributed by atoms with Gasteiger partial charge in [0.15, 0.2) is 9.84 Å². The summed E-state index contributed by atoms with van der Waals surface area (Å²) in [6, 6.07) is 10.8. The second-order valence-electron chi connectivity index (χ2n) is 4.42. The zero-order valence-electron chi connectivity index (χ0n) is 10.6. The van der Waals surface area contributed by atoms with Crippen LogP contribution in [0.3, 0.4) is 0 Å². The molecule has 112 valence electrons. The molecule has 2 aromatic carbocycles. The van der Waals surface area contributed by atoms with Gasteiger partial charge in [0, 0.05) is 4.47 Å². The third kappa shape index (κ3) is 4.20. The highest BCUT2D eigenvalue weighted by molar-refractivity contribution is 9.10. The van der Waals surface area contributed by atoms with Crippen molar-refractivity contribution < 1.29 is 13.5 Å². The molecule has 21 heavy (non-hydrogen) atoms. The lowest BCUT2D eigenvalue weighted by molar-refractivity contribution is 0.201. The largest absolute Gasteiger partial charge is 0.387 e. The van der Waals surface area contributed by atoms with Crippen LogP contribution in [-0.2, 0) is 9.84 Å². The van der Waals surface area contributed by atoms with E-state index in [4.69, 9.17) is 23.2 Å². The molecule has 0 aliphatic rings. The van der Waals surface area contributed by atoms with E-state index in [1.54, 1.807) is 18.2 Å². The highest BCUT2D eigenvalue weighted by Gasteiger charge is 2.21. The standard InChI is InChI=1S/C14H11BrCl2O3S/c15-10-2-4-11(5-3-10)21(19,20)8-14(18)9-1-6-12(16)13(17)7-9/h1-7,14,18H,8H2. The minimum absolute atomic E-state index is 0.157. The lowest BCUT2D eigenvalue weighted by Gasteiger charge is -2.12. The lowest BCUT2D eigenvalue weighted by Crippen LogP contribution is -2.14. The van der Waals surface area contributed by atoms with Gasteiger partial charge in [0.1, 0.15) is 0 Å². The first kappa shape index (κ1) is 16.8. The molecule has 0 bridgehead atoms. The van der Waals surface area contributed by atoms with E-state index in [0.717, 1.165) is 4.47 Å². The van der Waals surface area contributed by atoms with Crippen LogP contribution in [0.25, 0.3) is 0 Å². The predicted octanol–water partition coefficient (Wildman–Crippen LogP) is 4.26. The number of halogens is 3. The summed E-state index contributed by atoms with van der Waals surface area (Å²) >= 11 is 14.9. The van der Waals surface area contributed by atoms with Crippen molar-refractivity contribution in [3.63, 3.8) is 0 Å². The highest BCUT2D eigenvalue weighted by atomic mass is 79.9. The Morgan fingerprint density at radius 3 is 2.24 bits per heavy atom. The van der Waals surface area contributed by atoms with Crippen LogP contribution in [0, 0.1) is 0 Å². The Kier molecular flexibility index (Phi) is 5.33. The van der Waals surface area contributed by atoms with Gasteiger partial charge < -0.3 is 5.11 Å². The molecular weight excluding hydrogens is 399 g/mol. The van der Waals surface area contributed by atoms with E-state index in [0.29, 0.717) is 10.6 Å². The molecule has 0 spiro atoms. The Morgan fingerprint density at radius 1 is 1.05 bits per heavy atom. The molecule has 1 atom stereocenters. The Balaban J connectivity index is 2.23. The van der Waals surface area contributed by atoms with E-state index in [1.165, 1.54) is 24.3 Å². The Morgan fingerprint density at radius 2 is 1.67 bits per heavy atom. The monoisotopic (exact) mass is 408 g/mol. The van der Waals surface area contributed by atoms with Crippen molar-refractivity contribution in [2.45, 2.75) is 11.0 Å². The predicted molar refractivity (Wildman–Crippen MR) is 87.6 cm³/mol. The summed E-state index contributed by atoms with van der Waals surface area (Å²) < 4.78 is 25.3. The van der Waals surface area contributed by atoms with E-state index in [9.17, 15) is 13.5 Å². The Hall–Kier alpha value is -0.590. The molecule has 0 radical (unpaired) electrons. The van der Waals surface area contributed by atoms with Crippen LogP contribution in [0.2, 0.25) is 10.0 Å². The van der Waals surface area contributed by atoms with Crippen LogP contribution in [0.4, 0.5) is 0 Å². The molecule has 0 aromatic heterocycles. The van der Waals surface area contributed by atoms with Crippen molar-refractivity contribution in [1.29, 1.82) is 0 Å². The van der Waals surface area contributed by atoms with Crippen molar-refractivity contribution in [2.24, 2.45) is 0 Å². The minimum atomic E-state index is -3.59. The lowest BCUT2D eigenvalue weighted by atomic mass is 10.1. The number of hydrogen-bond acceptors (Lipinski definition) is 3. The van der Waals surface area contributed by atoms with Crippen LogP contribution in [0.15, 0.2) is 51.8 Å². The summed E-state index contributed by atoms with van der Waals surface area (Å²) in [7, 11) is -3.59. The summed E-state index contributed by atoms with van der Waals surface area (Å²) in [6.07, 6.45) is -1.17. The van der Waals surface area contributed by atoms with E-state index in [-0.39, 0.29) is 9.92 Å². The first-order valence-electron chi connectivity index (χ1n) is 5.91. The second-order valence-corrected chi connectivity index (χ2v) is 8.19. The van der Waals surface area contributed by atoms with Gasteiger partial charge in [0.25, 0.3) is 0 Å². The Labute approximate surface area is 141 Å². The molecule has 0 aliphatic heterocycles. The van der Waals surface area contributed by atoms with E-state index < -0.39 is 21.7 Å². The first-order chi connectivity index (χ1) is 9.79. The highest BCUT2D eigenvalue weighted by Crippen LogP contribution is 2.27. The normalized spacial score (nSPS) is 13.1. The number of hydrogen-bond donors (Lipinski definition) is 1. The quantitative estimate of drug-likeness (QED) is 0.820. The van der Waals surface area contributed by atoms with Gasteiger partial charge >= 0.3 is 0 Å². The topological polar surface area (TPSA) is 54.4 Å². The van der Waals surface area contributed by atoms with Crippen molar-refractivity contribution in [3.8, 4) is 0 Å². The molecule has 1 unspecified atom stereocenters. The number of benzene rings is 2. The van der Waals surface area contributed by atoms with Crippen LogP contribution >= 0.6 is 39.1 Å². The maximum absolute atomic E-state index is 12.2. The van der Waals surface area contributed by atoms with Crippen LogP contribution < -0.4 is 0 Å². The maximum Gasteiger partial charge on any atom is 0.181 e. The fraction of sp³-hybridized carbons (Fsp3) is 0.143. The SMILES string of the molecule is O=S(=O)(CC(O)c1ccc(Cl)c(Cl)c1)c1ccc(Br)cc1.